The minimum absolute atomic E-state index is 0.161. The Balaban J connectivity index is 1.74. The fourth-order valence-corrected chi connectivity index (χ4v) is 3.66. The summed E-state index contributed by atoms with van der Waals surface area (Å²) in [6.45, 7) is 2.38. The summed E-state index contributed by atoms with van der Waals surface area (Å²) in [6.07, 6.45) is -4.56. The van der Waals surface area contributed by atoms with Gasteiger partial charge in [0.1, 0.15) is 5.75 Å². The summed E-state index contributed by atoms with van der Waals surface area (Å²) in [6, 6.07) is 17.1. The summed E-state index contributed by atoms with van der Waals surface area (Å²) in [5.41, 5.74) is 1.36. The first kappa shape index (κ1) is 19.2. The van der Waals surface area contributed by atoms with E-state index in [0.29, 0.717) is 23.6 Å². The lowest BCUT2D eigenvalue weighted by Crippen LogP contribution is -2.13. The van der Waals surface area contributed by atoms with Crippen LogP contribution in [0.4, 0.5) is 13.2 Å². The predicted octanol–water partition coefficient (Wildman–Crippen LogP) is 6.08. The molecule has 4 rings (SSSR count). The van der Waals surface area contributed by atoms with E-state index in [1.54, 1.807) is 29.6 Å². The fraction of sp³-hybridized carbons (Fsp3) is 0.143. The zero-order chi connectivity index (χ0) is 20.4. The number of hydrogen-bond acceptors (Lipinski definition) is 4. The van der Waals surface area contributed by atoms with Crippen LogP contribution in [0.2, 0.25) is 0 Å². The maximum absolute atomic E-state index is 13.7. The minimum Gasteiger partial charge on any atom is -0.494 e. The number of nitrogens with zero attached hydrogens (tertiary/aromatic N) is 3. The highest BCUT2D eigenvalue weighted by Crippen LogP contribution is 2.35. The number of thiazole rings is 1. The molecule has 0 aliphatic rings. The van der Waals surface area contributed by atoms with E-state index in [9.17, 15) is 13.2 Å². The maximum atomic E-state index is 13.7. The normalized spacial score (nSPS) is 11.6. The molecule has 0 saturated heterocycles. The molecule has 0 amide bonds. The van der Waals surface area contributed by atoms with Crippen LogP contribution < -0.4 is 4.74 Å². The van der Waals surface area contributed by atoms with Crippen molar-refractivity contribution < 1.29 is 17.9 Å². The molecule has 0 spiro atoms. The van der Waals surface area contributed by atoms with Crippen LogP contribution in [-0.2, 0) is 6.18 Å². The van der Waals surface area contributed by atoms with Crippen LogP contribution in [0, 0.1) is 0 Å². The van der Waals surface area contributed by atoms with Crippen molar-refractivity contribution in [3.63, 3.8) is 0 Å². The number of rotatable bonds is 5. The predicted molar refractivity (Wildman–Crippen MR) is 106 cm³/mol. The largest absolute Gasteiger partial charge is 0.494 e. The number of aromatic nitrogens is 3. The van der Waals surface area contributed by atoms with Crippen LogP contribution >= 0.6 is 11.3 Å². The van der Waals surface area contributed by atoms with Crippen molar-refractivity contribution in [1.29, 1.82) is 0 Å². The molecule has 4 nitrogen and oxygen atoms in total. The first-order chi connectivity index (χ1) is 14.0. The van der Waals surface area contributed by atoms with Crippen LogP contribution in [0.15, 0.2) is 66.0 Å². The van der Waals surface area contributed by atoms with E-state index in [1.165, 1.54) is 0 Å². The van der Waals surface area contributed by atoms with E-state index in [1.807, 2.05) is 37.3 Å². The van der Waals surface area contributed by atoms with Crippen molar-refractivity contribution in [2.45, 2.75) is 13.1 Å². The zero-order valence-electron chi connectivity index (χ0n) is 15.3. The highest BCUT2D eigenvalue weighted by atomic mass is 32.1. The van der Waals surface area contributed by atoms with Crippen molar-refractivity contribution in [3.05, 3.63) is 71.7 Å². The third kappa shape index (κ3) is 4.02. The highest BCUT2D eigenvalue weighted by Gasteiger charge is 2.37. The topological polar surface area (TPSA) is 39.9 Å². The van der Waals surface area contributed by atoms with Crippen LogP contribution in [0.5, 0.6) is 5.75 Å². The Morgan fingerprint density at radius 1 is 0.966 bits per heavy atom. The molecule has 0 aliphatic carbocycles. The fourth-order valence-electron chi connectivity index (χ4n) is 2.86. The molecule has 0 unspecified atom stereocenters. The van der Waals surface area contributed by atoms with Crippen molar-refractivity contribution in [2.75, 3.05) is 6.61 Å². The lowest BCUT2D eigenvalue weighted by atomic mass is 10.1. The number of alkyl halides is 3. The first-order valence-corrected chi connectivity index (χ1v) is 9.75. The van der Waals surface area contributed by atoms with Crippen molar-refractivity contribution >= 4 is 11.3 Å². The number of hydrogen-bond donors (Lipinski definition) is 0. The van der Waals surface area contributed by atoms with Crippen LogP contribution in [0.25, 0.3) is 27.6 Å². The summed E-state index contributed by atoms with van der Waals surface area (Å²) in [4.78, 5) is 4.37. The molecule has 8 heteroatoms. The van der Waals surface area contributed by atoms with E-state index < -0.39 is 11.9 Å². The zero-order valence-corrected chi connectivity index (χ0v) is 16.2. The van der Waals surface area contributed by atoms with Crippen LogP contribution in [-0.4, -0.2) is 21.4 Å². The van der Waals surface area contributed by atoms with Gasteiger partial charge in [0.05, 0.1) is 18.0 Å². The summed E-state index contributed by atoms with van der Waals surface area (Å²) in [7, 11) is 0. The Bertz CT molecular complexity index is 1100. The van der Waals surface area contributed by atoms with Gasteiger partial charge >= 0.3 is 6.18 Å². The molecule has 0 atom stereocenters. The summed E-state index contributed by atoms with van der Waals surface area (Å²) >= 11 is 1.11. The monoisotopic (exact) mass is 415 g/mol. The van der Waals surface area contributed by atoms with Gasteiger partial charge in [-0.15, -0.1) is 11.3 Å². The molecule has 4 aromatic rings. The van der Waals surface area contributed by atoms with E-state index in [2.05, 4.69) is 10.1 Å². The first-order valence-electron chi connectivity index (χ1n) is 8.87. The van der Waals surface area contributed by atoms with Gasteiger partial charge in [0.25, 0.3) is 0 Å². The van der Waals surface area contributed by atoms with Gasteiger partial charge in [-0.1, -0.05) is 30.3 Å². The maximum Gasteiger partial charge on any atom is 0.433 e. The molecule has 2 aromatic heterocycles. The van der Waals surface area contributed by atoms with Crippen LogP contribution in [0.1, 0.15) is 12.6 Å². The highest BCUT2D eigenvalue weighted by molar-refractivity contribution is 7.12. The molecule has 0 fully saturated rings. The third-order valence-electron chi connectivity index (χ3n) is 4.20. The second-order valence-corrected chi connectivity index (χ2v) is 7.00. The second kappa shape index (κ2) is 7.71. The molecule has 0 radical (unpaired) electrons. The molecule has 29 heavy (non-hydrogen) atoms. The molecule has 2 heterocycles. The summed E-state index contributed by atoms with van der Waals surface area (Å²) < 4.78 is 47.2. The average molecular weight is 415 g/mol. The Morgan fingerprint density at radius 2 is 1.66 bits per heavy atom. The molecule has 2 aromatic carbocycles. The van der Waals surface area contributed by atoms with Gasteiger partial charge in [-0.05, 0) is 37.3 Å². The lowest BCUT2D eigenvalue weighted by Gasteiger charge is -2.07. The van der Waals surface area contributed by atoms with E-state index >= 15 is 0 Å². The summed E-state index contributed by atoms with van der Waals surface area (Å²) in [5, 5.41) is 6.09. The van der Waals surface area contributed by atoms with Gasteiger partial charge in [-0.3, -0.25) is 0 Å². The Kier molecular flexibility index (Phi) is 5.10. The Hall–Kier alpha value is -3.13. The molecular weight excluding hydrogens is 399 g/mol. The number of benzene rings is 2. The molecule has 0 N–H and O–H groups in total. The van der Waals surface area contributed by atoms with Crippen LogP contribution in [0.3, 0.4) is 0 Å². The van der Waals surface area contributed by atoms with Gasteiger partial charge in [-0.25, -0.2) is 9.67 Å². The minimum atomic E-state index is -4.56. The molecular formula is C21H16F3N3OS. The average Bonchev–Trinajstić information content (AvgIpc) is 3.37. The van der Waals surface area contributed by atoms with Gasteiger partial charge in [0.2, 0.25) is 5.13 Å². The Labute approximate surface area is 169 Å². The van der Waals surface area contributed by atoms with Gasteiger partial charge in [0, 0.05) is 16.5 Å². The van der Waals surface area contributed by atoms with Gasteiger partial charge in [0.15, 0.2) is 5.69 Å². The standard InChI is InChI=1S/C21H16F3N3OS/c1-2-28-16-10-8-15(9-11-16)17-12-19(21(22,23)24)27(26-17)20-25-18(13-29-20)14-6-4-3-5-7-14/h3-13H,2H2,1H3. The second-order valence-electron chi connectivity index (χ2n) is 6.16. The molecule has 0 saturated carbocycles. The quantitative estimate of drug-likeness (QED) is 0.397. The van der Waals surface area contributed by atoms with E-state index in [0.717, 1.165) is 27.6 Å². The van der Waals surface area contributed by atoms with E-state index in [4.69, 9.17) is 4.74 Å². The van der Waals surface area contributed by atoms with Crippen molar-refractivity contribution in [2.24, 2.45) is 0 Å². The number of ether oxygens (including phenoxy) is 1. The van der Waals surface area contributed by atoms with E-state index in [-0.39, 0.29) is 10.8 Å². The van der Waals surface area contributed by atoms with Crippen molar-refractivity contribution in [1.82, 2.24) is 14.8 Å². The van der Waals surface area contributed by atoms with Crippen molar-refractivity contribution in [3.8, 4) is 33.4 Å². The third-order valence-corrected chi connectivity index (χ3v) is 5.02. The smallest absolute Gasteiger partial charge is 0.433 e. The van der Waals surface area contributed by atoms with Gasteiger partial charge < -0.3 is 4.74 Å². The van der Waals surface area contributed by atoms with Gasteiger partial charge in [-0.2, -0.15) is 18.3 Å². The molecule has 0 aliphatic heterocycles. The lowest BCUT2D eigenvalue weighted by molar-refractivity contribution is -0.142. The molecule has 148 valence electrons. The Morgan fingerprint density at radius 3 is 2.31 bits per heavy atom. The molecule has 0 bridgehead atoms. The summed E-state index contributed by atoms with van der Waals surface area (Å²) in [5.74, 6) is 0.652. The number of halogens is 3. The SMILES string of the molecule is CCOc1ccc(-c2cc(C(F)(F)F)n(-c3nc(-c4ccccc4)cs3)n2)cc1.